The molecule has 0 aliphatic carbocycles. The second kappa shape index (κ2) is 4.32. The summed E-state index contributed by atoms with van der Waals surface area (Å²) in [5.74, 6) is 0. The molecule has 0 aromatic heterocycles. The monoisotopic (exact) mass is 224 g/mol. The minimum atomic E-state index is -3.60. The lowest BCUT2D eigenvalue weighted by Crippen LogP contribution is -2.24. The number of anilines is 1. The second-order valence-electron chi connectivity index (χ2n) is 3.23. The van der Waals surface area contributed by atoms with Gasteiger partial charge in [0.05, 0.1) is 11.8 Å². The van der Waals surface area contributed by atoms with E-state index in [1.54, 1.807) is 31.2 Å². The summed E-state index contributed by atoms with van der Waals surface area (Å²) in [5, 5.41) is 7.49. The molecule has 0 aliphatic heterocycles. The zero-order valence-electron chi connectivity index (χ0n) is 8.56. The number of nitrogens with one attached hydrogen (secondary N) is 1. The van der Waals surface area contributed by atoms with E-state index in [0.717, 1.165) is 5.56 Å². The molecule has 0 bridgehead atoms. The van der Waals surface area contributed by atoms with Crippen LogP contribution in [0, 0.1) is 18.3 Å². The van der Waals surface area contributed by atoms with Crippen molar-refractivity contribution in [3.8, 4) is 6.07 Å². The molecule has 0 spiro atoms. The molecule has 4 nitrogen and oxygen atoms in total. The Kier molecular flexibility index (Phi) is 3.32. The maximum absolute atomic E-state index is 11.5. The van der Waals surface area contributed by atoms with Crippen molar-refractivity contribution in [3.05, 3.63) is 29.8 Å². The fraction of sp³-hybridized carbons (Fsp3) is 0.300. The zero-order chi connectivity index (χ0) is 11.5. The Balaban J connectivity index is 2.98. The molecule has 0 fully saturated rings. The molecule has 0 saturated carbocycles. The van der Waals surface area contributed by atoms with Gasteiger partial charge in [-0.2, -0.15) is 5.26 Å². The van der Waals surface area contributed by atoms with Gasteiger partial charge in [0.15, 0.2) is 5.25 Å². The zero-order valence-corrected chi connectivity index (χ0v) is 9.38. The van der Waals surface area contributed by atoms with E-state index in [-0.39, 0.29) is 0 Å². The summed E-state index contributed by atoms with van der Waals surface area (Å²) in [4.78, 5) is 0. The van der Waals surface area contributed by atoms with Crippen molar-refractivity contribution in [1.82, 2.24) is 0 Å². The molecule has 1 unspecified atom stereocenters. The van der Waals surface area contributed by atoms with Crippen LogP contribution in [0.1, 0.15) is 12.5 Å². The number of nitriles is 1. The van der Waals surface area contributed by atoms with Crippen molar-refractivity contribution in [1.29, 1.82) is 5.26 Å². The van der Waals surface area contributed by atoms with Crippen LogP contribution in [0.4, 0.5) is 5.69 Å². The Morgan fingerprint density at radius 1 is 1.40 bits per heavy atom. The number of para-hydroxylation sites is 1. The largest absolute Gasteiger partial charge is 0.282 e. The van der Waals surface area contributed by atoms with Gasteiger partial charge in [-0.1, -0.05) is 18.2 Å². The van der Waals surface area contributed by atoms with Crippen LogP contribution in [-0.2, 0) is 10.0 Å². The lowest BCUT2D eigenvalue weighted by Gasteiger charge is -2.10. The standard InChI is InChI=1S/C10H12N2O2S/c1-8-5-3-4-6-10(8)12-15(13,14)9(2)7-11/h3-6,9,12H,1-2H3. The molecule has 0 saturated heterocycles. The number of nitrogens with zero attached hydrogens (tertiary/aromatic N) is 1. The number of hydrogen-bond acceptors (Lipinski definition) is 3. The Hall–Kier alpha value is -1.54. The first-order chi connectivity index (χ1) is 6.97. The summed E-state index contributed by atoms with van der Waals surface area (Å²) in [6, 6.07) is 8.72. The molecular formula is C10H12N2O2S. The summed E-state index contributed by atoms with van der Waals surface area (Å²) in [7, 11) is -3.60. The quantitative estimate of drug-likeness (QED) is 0.848. The van der Waals surface area contributed by atoms with Crippen LogP contribution in [0.15, 0.2) is 24.3 Å². The molecule has 1 N–H and O–H groups in total. The van der Waals surface area contributed by atoms with Crippen LogP contribution in [-0.4, -0.2) is 13.7 Å². The van der Waals surface area contributed by atoms with Crippen molar-refractivity contribution >= 4 is 15.7 Å². The van der Waals surface area contributed by atoms with E-state index in [9.17, 15) is 8.42 Å². The third-order valence-corrected chi connectivity index (χ3v) is 3.59. The van der Waals surface area contributed by atoms with Gasteiger partial charge < -0.3 is 0 Å². The van der Waals surface area contributed by atoms with Crippen LogP contribution in [0.5, 0.6) is 0 Å². The van der Waals surface area contributed by atoms with E-state index in [0.29, 0.717) is 5.69 Å². The van der Waals surface area contributed by atoms with Crippen molar-refractivity contribution in [3.63, 3.8) is 0 Å². The van der Waals surface area contributed by atoms with Crippen molar-refractivity contribution in [2.24, 2.45) is 0 Å². The van der Waals surface area contributed by atoms with E-state index in [4.69, 9.17) is 5.26 Å². The SMILES string of the molecule is Cc1ccccc1NS(=O)(=O)C(C)C#N. The Labute approximate surface area is 89.6 Å². The second-order valence-corrected chi connectivity index (χ2v) is 5.23. The lowest BCUT2D eigenvalue weighted by atomic mass is 10.2. The van der Waals surface area contributed by atoms with Gasteiger partial charge >= 0.3 is 0 Å². The van der Waals surface area contributed by atoms with Gasteiger partial charge in [-0.3, -0.25) is 4.72 Å². The molecule has 5 heteroatoms. The average molecular weight is 224 g/mol. The third kappa shape index (κ3) is 2.70. The Morgan fingerprint density at radius 3 is 2.53 bits per heavy atom. The van der Waals surface area contributed by atoms with Crippen LogP contribution in [0.2, 0.25) is 0 Å². The fourth-order valence-corrected chi connectivity index (χ4v) is 1.85. The van der Waals surface area contributed by atoms with Gasteiger partial charge in [0.2, 0.25) is 10.0 Å². The summed E-state index contributed by atoms with van der Waals surface area (Å²) >= 11 is 0. The van der Waals surface area contributed by atoms with Crippen molar-refractivity contribution < 1.29 is 8.42 Å². The number of rotatable bonds is 3. The van der Waals surface area contributed by atoms with Gasteiger partial charge in [-0.05, 0) is 25.5 Å². The Bertz CT molecular complexity index is 488. The van der Waals surface area contributed by atoms with Gasteiger partial charge in [-0.15, -0.1) is 0 Å². The number of benzene rings is 1. The minimum absolute atomic E-state index is 0.514. The highest BCUT2D eigenvalue weighted by atomic mass is 32.2. The maximum atomic E-state index is 11.5. The number of aryl methyl sites for hydroxylation is 1. The molecule has 1 aromatic rings. The molecule has 1 atom stereocenters. The smallest absolute Gasteiger partial charge is 0.248 e. The summed E-state index contributed by atoms with van der Waals surface area (Å²) in [5.41, 5.74) is 1.34. The van der Waals surface area contributed by atoms with E-state index >= 15 is 0 Å². The summed E-state index contributed by atoms with van der Waals surface area (Å²) in [6.07, 6.45) is 0. The van der Waals surface area contributed by atoms with E-state index < -0.39 is 15.3 Å². The first-order valence-corrected chi connectivity index (χ1v) is 5.99. The first kappa shape index (κ1) is 11.5. The highest BCUT2D eigenvalue weighted by Gasteiger charge is 2.20. The van der Waals surface area contributed by atoms with Crippen molar-refractivity contribution in [2.75, 3.05) is 4.72 Å². The predicted octanol–water partition coefficient (Wildman–Crippen LogP) is 1.65. The number of hydrogen-bond donors (Lipinski definition) is 1. The van der Waals surface area contributed by atoms with Crippen LogP contribution < -0.4 is 4.72 Å². The summed E-state index contributed by atoms with van der Waals surface area (Å²) < 4.78 is 25.5. The van der Waals surface area contributed by atoms with Crippen molar-refractivity contribution in [2.45, 2.75) is 19.1 Å². The van der Waals surface area contributed by atoms with E-state index in [2.05, 4.69) is 4.72 Å². The Morgan fingerprint density at radius 2 is 2.00 bits per heavy atom. The fourth-order valence-electron chi connectivity index (χ4n) is 0.998. The van der Waals surface area contributed by atoms with Crippen LogP contribution >= 0.6 is 0 Å². The highest BCUT2D eigenvalue weighted by molar-refractivity contribution is 7.93. The first-order valence-electron chi connectivity index (χ1n) is 4.44. The topological polar surface area (TPSA) is 70.0 Å². The molecule has 15 heavy (non-hydrogen) atoms. The van der Waals surface area contributed by atoms with E-state index in [1.807, 2.05) is 6.07 Å². The molecule has 0 radical (unpaired) electrons. The maximum Gasteiger partial charge on any atom is 0.248 e. The van der Waals surface area contributed by atoms with Crippen LogP contribution in [0.25, 0.3) is 0 Å². The normalized spacial score (nSPS) is 12.9. The molecule has 1 rings (SSSR count). The molecule has 1 aromatic carbocycles. The molecular weight excluding hydrogens is 212 g/mol. The molecule has 80 valence electrons. The summed E-state index contributed by atoms with van der Waals surface area (Å²) in [6.45, 7) is 3.15. The highest BCUT2D eigenvalue weighted by Crippen LogP contribution is 2.16. The van der Waals surface area contributed by atoms with E-state index in [1.165, 1.54) is 6.92 Å². The van der Waals surface area contributed by atoms with Gasteiger partial charge in [0.1, 0.15) is 0 Å². The number of sulfonamides is 1. The molecule has 0 aliphatic rings. The van der Waals surface area contributed by atoms with Gasteiger partial charge in [0.25, 0.3) is 0 Å². The van der Waals surface area contributed by atoms with Gasteiger partial charge in [0, 0.05) is 0 Å². The average Bonchev–Trinajstić information content (AvgIpc) is 2.20. The predicted molar refractivity (Wildman–Crippen MR) is 58.8 cm³/mol. The third-order valence-electron chi connectivity index (χ3n) is 2.04. The molecule has 0 amide bonds. The minimum Gasteiger partial charge on any atom is -0.282 e. The van der Waals surface area contributed by atoms with Gasteiger partial charge in [-0.25, -0.2) is 8.42 Å². The lowest BCUT2D eigenvalue weighted by molar-refractivity contribution is 0.597. The molecule has 0 heterocycles. The van der Waals surface area contributed by atoms with Crippen LogP contribution in [0.3, 0.4) is 0 Å².